The van der Waals surface area contributed by atoms with Gasteiger partial charge in [-0.15, -0.1) is 0 Å². The maximum Gasteiger partial charge on any atom is 0.223 e. The molecule has 160 valence electrons. The van der Waals surface area contributed by atoms with Crippen molar-refractivity contribution < 1.29 is 13.6 Å². The van der Waals surface area contributed by atoms with Gasteiger partial charge in [0.05, 0.1) is 6.20 Å². The van der Waals surface area contributed by atoms with E-state index < -0.39 is 11.6 Å². The van der Waals surface area contributed by atoms with E-state index in [4.69, 9.17) is 0 Å². The molecule has 1 aromatic carbocycles. The van der Waals surface area contributed by atoms with E-state index in [9.17, 15) is 13.6 Å². The molecule has 0 bridgehead atoms. The molecule has 1 saturated carbocycles. The van der Waals surface area contributed by atoms with Crippen LogP contribution in [0.15, 0.2) is 30.6 Å². The van der Waals surface area contributed by atoms with E-state index >= 15 is 0 Å². The van der Waals surface area contributed by atoms with Crippen LogP contribution in [0.2, 0.25) is 0 Å². The average molecular weight is 423 g/mol. The summed E-state index contributed by atoms with van der Waals surface area (Å²) in [7, 11) is 0. The number of nitrogens with zero attached hydrogens (tertiary/aromatic N) is 3. The van der Waals surface area contributed by atoms with Crippen molar-refractivity contribution >= 4 is 22.6 Å². The maximum absolute atomic E-state index is 14.9. The lowest BCUT2D eigenvalue weighted by molar-refractivity contribution is 0.0857. The van der Waals surface area contributed by atoms with E-state index in [-0.39, 0.29) is 34.5 Å². The fraction of sp³-hybridized carbons (Fsp3) is 0.391. The van der Waals surface area contributed by atoms with Gasteiger partial charge in [-0.2, -0.15) is 0 Å². The topological polar surface area (TPSA) is 79.8 Å². The Kier molecular flexibility index (Phi) is 5.31. The Morgan fingerprint density at radius 2 is 1.87 bits per heavy atom. The van der Waals surface area contributed by atoms with Gasteiger partial charge < -0.3 is 10.6 Å². The molecule has 31 heavy (non-hydrogen) atoms. The molecule has 0 radical (unpaired) electrons. The number of carbonyl (C=O) groups is 1. The van der Waals surface area contributed by atoms with Gasteiger partial charge in [0, 0.05) is 34.7 Å². The normalized spacial score (nSPS) is 17.5. The zero-order chi connectivity index (χ0) is 21.4. The Balaban J connectivity index is 1.55. The SMILES string of the molecule is O=C(c1ccnc2c(F)cc(-c3nc(NC4CCNCC4)ncc3F)cc12)C1CCC1. The first-order chi connectivity index (χ1) is 15.1. The smallest absolute Gasteiger partial charge is 0.223 e. The standard InChI is InChI=1S/C23H23F2N5O/c24-18-11-14(10-17-16(6-9-27-21(17)18)22(31)13-2-1-3-13)20-19(25)12-28-23(30-20)29-15-4-7-26-8-5-15/h6,9-13,15,26H,1-5,7-8H2,(H,28,29,30). The largest absolute Gasteiger partial charge is 0.351 e. The minimum absolute atomic E-state index is 0.00173. The van der Waals surface area contributed by atoms with Gasteiger partial charge in [-0.25, -0.2) is 18.7 Å². The number of rotatable bonds is 5. The minimum Gasteiger partial charge on any atom is -0.351 e. The lowest BCUT2D eigenvalue weighted by Crippen LogP contribution is -2.35. The van der Waals surface area contributed by atoms with E-state index in [1.807, 2.05) is 0 Å². The van der Waals surface area contributed by atoms with Crippen molar-refractivity contribution in [2.45, 2.75) is 38.1 Å². The third-order valence-electron chi connectivity index (χ3n) is 6.23. The summed E-state index contributed by atoms with van der Waals surface area (Å²) in [5.74, 6) is -0.992. The lowest BCUT2D eigenvalue weighted by atomic mass is 9.79. The fourth-order valence-electron chi connectivity index (χ4n) is 4.24. The highest BCUT2D eigenvalue weighted by molar-refractivity contribution is 6.09. The number of fused-ring (bicyclic) bond motifs is 1. The molecule has 2 fully saturated rings. The van der Waals surface area contributed by atoms with Crippen LogP contribution in [0.3, 0.4) is 0 Å². The molecule has 1 saturated heterocycles. The van der Waals surface area contributed by atoms with Crippen LogP contribution in [0.25, 0.3) is 22.2 Å². The Morgan fingerprint density at radius 1 is 1.06 bits per heavy atom. The molecule has 5 rings (SSSR count). The number of hydrogen-bond donors (Lipinski definition) is 2. The van der Waals surface area contributed by atoms with E-state index in [0.717, 1.165) is 51.4 Å². The zero-order valence-electron chi connectivity index (χ0n) is 17.0. The summed E-state index contributed by atoms with van der Waals surface area (Å²) in [6.07, 6.45) is 7.09. The number of Topliss-reactive ketones (excluding diaryl/α,β-unsaturated/α-hetero) is 1. The maximum atomic E-state index is 14.9. The number of halogens is 2. The molecule has 0 spiro atoms. The summed E-state index contributed by atoms with van der Waals surface area (Å²) in [5, 5.41) is 6.91. The van der Waals surface area contributed by atoms with E-state index in [2.05, 4.69) is 25.6 Å². The van der Waals surface area contributed by atoms with Gasteiger partial charge in [0.1, 0.15) is 17.0 Å². The quantitative estimate of drug-likeness (QED) is 0.601. The summed E-state index contributed by atoms with van der Waals surface area (Å²) in [5.41, 5.74) is 0.793. The number of aromatic nitrogens is 3. The lowest BCUT2D eigenvalue weighted by Gasteiger charge is -2.24. The second kappa shape index (κ2) is 8.26. The van der Waals surface area contributed by atoms with Crippen LogP contribution in [0.1, 0.15) is 42.5 Å². The number of piperidine rings is 1. The monoisotopic (exact) mass is 423 g/mol. The Morgan fingerprint density at radius 3 is 2.61 bits per heavy atom. The number of carbonyl (C=O) groups excluding carboxylic acids is 1. The van der Waals surface area contributed by atoms with Crippen molar-refractivity contribution in [2.24, 2.45) is 5.92 Å². The van der Waals surface area contributed by atoms with Gasteiger partial charge in [0.15, 0.2) is 11.6 Å². The molecular weight excluding hydrogens is 400 g/mol. The molecule has 3 aromatic rings. The van der Waals surface area contributed by atoms with Gasteiger partial charge >= 0.3 is 0 Å². The molecule has 2 N–H and O–H groups in total. The van der Waals surface area contributed by atoms with Crippen molar-refractivity contribution in [1.29, 1.82) is 0 Å². The van der Waals surface area contributed by atoms with Crippen LogP contribution in [0.4, 0.5) is 14.7 Å². The first-order valence-corrected chi connectivity index (χ1v) is 10.7. The highest BCUT2D eigenvalue weighted by atomic mass is 19.1. The predicted octanol–water partition coefficient (Wildman–Crippen LogP) is 4.12. The van der Waals surface area contributed by atoms with Gasteiger partial charge in [-0.05, 0) is 57.0 Å². The summed E-state index contributed by atoms with van der Waals surface area (Å²) in [6, 6.07) is 4.64. The van der Waals surface area contributed by atoms with Crippen molar-refractivity contribution in [3.05, 3.63) is 47.8 Å². The van der Waals surface area contributed by atoms with E-state index in [1.54, 1.807) is 12.1 Å². The minimum atomic E-state index is -0.648. The van der Waals surface area contributed by atoms with Crippen molar-refractivity contribution in [3.8, 4) is 11.3 Å². The molecule has 3 heterocycles. The van der Waals surface area contributed by atoms with Crippen LogP contribution < -0.4 is 10.6 Å². The number of hydrogen-bond acceptors (Lipinski definition) is 6. The van der Waals surface area contributed by atoms with Crippen LogP contribution in [-0.2, 0) is 0 Å². The molecule has 1 aliphatic carbocycles. The zero-order valence-corrected chi connectivity index (χ0v) is 17.0. The molecule has 8 heteroatoms. The predicted molar refractivity (Wildman–Crippen MR) is 114 cm³/mol. The number of anilines is 1. The number of ketones is 1. The van der Waals surface area contributed by atoms with Gasteiger partial charge in [-0.1, -0.05) is 6.42 Å². The fourth-order valence-corrected chi connectivity index (χ4v) is 4.24. The summed E-state index contributed by atoms with van der Waals surface area (Å²) >= 11 is 0. The summed E-state index contributed by atoms with van der Waals surface area (Å²) in [6.45, 7) is 1.79. The van der Waals surface area contributed by atoms with Crippen molar-refractivity contribution in [3.63, 3.8) is 0 Å². The summed E-state index contributed by atoms with van der Waals surface area (Å²) in [4.78, 5) is 25.4. The van der Waals surface area contributed by atoms with Crippen molar-refractivity contribution in [2.75, 3.05) is 18.4 Å². The summed E-state index contributed by atoms with van der Waals surface area (Å²) < 4.78 is 29.6. The molecule has 0 atom stereocenters. The molecule has 0 amide bonds. The average Bonchev–Trinajstić information content (AvgIpc) is 2.74. The van der Waals surface area contributed by atoms with Gasteiger partial charge in [-0.3, -0.25) is 9.78 Å². The van der Waals surface area contributed by atoms with Crippen LogP contribution in [0.5, 0.6) is 0 Å². The third-order valence-corrected chi connectivity index (χ3v) is 6.23. The number of pyridine rings is 1. The first kappa shape index (κ1) is 19.9. The van der Waals surface area contributed by atoms with Crippen molar-refractivity contribution in [1.82, 2.24) is 20.3 Å². The van der Waals surface area contributed by atoms with Gasteiger partial charge in [0.25, 0.3) is 0 Å². The molecular formula is C23H23F2N5O. The second-order valence-electron chi connectivity index (χ2n) is 8.26. The van der Waals surface area contributed by atoms with Crippen LogP contribution >= 0.6 is 0 Å². The highest BCUT2D eigenvalue weighted by Gasteiger charge is 2.28. The molecule has 2 aromatic heterocycles. The van der Waals surface area contributed by atoms with Crippen LogP contribution in [0, 0.1) is 17.6 Å². The van der Waals surface area contributed by atoms with Crippen LogP contribution in [-0.4, -0.2) is 39.9 Å². The Hall–Kier alpha value is -3.00. The van der Waals surface area contributed by atoms with E-state index in [0.29, 0.717) is 16.9 Å². The highest BCUT2D eigenvalue weighted by Crippen LogP contribution is 2.34. The molecule has 6 nitrogen and oxygen atoms in total. The first-order valence-electron chi connectivity index (χ1n) is 10.7. The number of nitrogens with one attached hydrogen (secondary N) is 2. The molecule has 0 unspecified atom stereocenters. The Bertz CT molecular complexity index is 1140. The second-order valence-corrected chi connectivity index (χ2v) is 8.26. The van der Waals surface area contributed by atoms with E-state index in [1.165, 1.54) is 12.3 Å². The Labute approximate surface area is 178 Å². The number of benzene rings is 1. The molecule has 2 aliphatic rings. The third kappa shape index (κ3) is 3.87. The van der Waals surface area contributed by atoms with Gasteiger partial charge in [0.2, 0.25) is 5.95 Å². The molecule has 1 aliphatic heterocycles.